The van der Waals surface area contributed by atoms with Gasteiger partial charge in [-0.2, -0.15) is 5.26 Å². The minimum Gasteiger partial charge on any atom is -0.497 e. The van der Waals surface area contributed by atoms with Gasteiger partial charge in [-0.25, -0.2) is 0 Å². The van der Waals surface area contributed by atoms with Crippen molar-refractivity contribution in [2.45, 2.75) is 64.5 Å². The monoisotopic (exact) mass is 450 g/mol. The van der Waals surface area contributed by atoms with Crippen LogP contribution in [0.2, 0.25) is 0 Å². The SMILES string of the molecule is COc1ccc([C@@H]2CCCN2CC(=O)Nc2c(C#N)c(C)c(C)n2C2CCCC2)c(OC)c1. The maximum absolute atomic E-state index is 13.2. The van der Waals surface area contributed by atoms with Crippen LogP contribution in [0.4, 0.5) is 5.82 Å². The predicted octanol–water partition coefficient (Wildman–Crippen LogP) is 4.88. The number of carbonyl (C=O) groups excluding carboxylic acids is 1. The third kappa shape index (κ3) is 4.45. The molecule has 4 rings (SSSR count). The number of carbonyl (C=O) groups is 1. The van der Waals surface area contributed by atoms with Crippen molar-refractivity contribution in [3.8, 4) is 17.6 Å². The van der Waals surface area contributed by atoms with Crippen LogP contribution in [-0.4, -0.2) is 42.7 Å². The summed E-state index contributed by atoms with van der Waals surface area (Å²) >= 11 is 0. The van der Waals surface area contributed by atoms with E-state index in [1.807, 2.05) is 25.1 Å². The number of likely N-dealkylation sites (tertiary alicyclic amines) is 1. The summed E-state index contributed by atoms with van der Waals surface area (Å²) in [6.45, 7) is 5.15. The van der Waals surface area contributed by atoms with Gasteiger partial charge in [-0.15, -0.1) is 0 Å². The number of nitriles is 1. The van der Waals surface area contributed by atoms with E-state index in [1.165, 1.54) is 12.8 Å². The number of anilines is 1. The van der Waals surface area contributed by atoms with Gasteiger partial charge in [0.2, 0.25) is 5.91 Å². The van der Waals surface area contributed by atoms with Crippen LogP contribution in [0, 0.1) is 25.2 Å². The third-order valence-corrected chi connectivity index (χ3v) is 7.33. The molecule has 33 heavy (non-hydrogen) atoms. The summed E-state index contributed by atoms with van der Waals surface area (Å²) in [6.07, 6.45) is 6.55. The average Bonchev–Trinajstić information content (AvgIpc) is 3.55. The van der Waals surface area contributed by atoms with Gasteiger partial charge in [-0.1, -0.05) is 18.9 Å². The molecule has 0 bridgehead atoms. The number of amides is 1. The van der Waals surface area contributed by atoms with E-state index in [2.05, 4.69) is 27.8 Å². The minimum absolute atomic E-state index is 0.0809. The fraction of sp³-hybridized carbons (Fsp3) is 0.538. The zero-order valence-corrected chi connectivity index (χ0v) is 20.1. The summed E-state index contributed by atoms with van der Waals surface area (Å²) in [7, 11) is 3.30. The van der Waals surface area contributed by atoms with E-state index in [1.54, 1.807) is 14.2 Å². The second kappa shape index (κ2) is 9.88. The highest BCUT2D eigenvalue weighted by molar-refractivity contribution is 5.93. The molecule has 1 aliphatic carbocycles. The molecule has 1 saturated heterocycles. The van der Waals surface area contributed by atoms with E-state index in [-0.39, 0.29) is 18.5 Å². The van der Waals surface area contributed by atoms with Crippen molar-refractivity contribution in [3.63, 3.8) is 0 Å². The smallest absolute Gasteiger partial charge is 0.239 e. The molecular weight excluding hydrogens is 416 g/mol. The van der Waals surface area contributed by atoms with Crippen molar-refractivity contribution in [1.29, 1.82) is 5.26 Å². The van der Waals surface area contributed by atoms with Crippen molar-refractivity contribution in [1.82, 2.24) is 9.47 Å². The van der Waals surface area contributed by atoms with Gasteiger partial charge in [-0.3, -0.25) is 9.69 Å². The van der Waals surface area contributed by atoms with Crippen molar-refractivity contribution in [3.05, 3.63) is 40.6 Å². The number of aromatic nitrogens is 1. The quantitative estimate of drug-likeness (QED) is 0.650. The van der Waals surface area contributed by atoms with E-state index in [4.69, 9.17) is 9.47 Å². The van der Waals surface area contributed by atoms with Crippen molar-refractivity contribution < 1.29 is 14.3 Å². The largest absolute Gasteiger partial charge is 0.497 e. The van der Waals surface area contributed by atoms with Crippen LogP contribution in [0.1, 0.15) is 73.0 Å². The molecule has 2 aliphatic rings. The molecule has 1 amide bonds. The first-order valence-corrected chi connectivity index (χ1v) is 11.9. The summed E-state index contributed by atoms with van der Waals surface area (Å²) in [5, 5.41) is 12.9. The molecule has 0 unspecified atom stereocenters. The molecule has 176 valence electrons. The number of hydrogen-bond donors (Lipinski definition) is 1. The molecular formula is C26H34N4O3. The fourth-order valence-electron chi connectivity index (χ4n) is 5.52. The Morgan fingerprint density at radius 2 is 1.91 bits per heavy atom. The summed E-state index contributed by atoms with van der Waals surface area (Å²) in [5.74, 6) is 2.12. The molecule has 7 nitrogen and oxygen atoms in total. The Labute approximate surface area is 196 Å². The van der Waals surface area contributed by atoms with Gasteiger partial charge >= 0.3 is 0 Å². The topological polar surface area (TPSA) is 79.5 Å². The molecule has 0 spiro atoms. The lowest BCUT2D eigenvalue weighted by molar-refractivity contribution is -0.117. The highest BCUT2D eigenvalue weighted by Crippen LogP contribution is 2.40. The molecule has 1 aliphatic heterocycles. The Balaban J connectivity index is 1.55. The maximum atomic E-state index is 13.2. The van der Waals surface area contributed by atoms with Gasteiger partial charge in [0, 0.05) is 29.4 Å². The van der Waals surface area contributed by atoms with Gasteiger partial charge in [-0.05, 0) is 57.7 Å². The lowest BCUT2D eigenvalue weighted by Crippen LogP contribution is -2.33. The van der Waals surface area contributed by atoms with Crippen LogP contribution in [0.15, 0.2) is 18.2 Å². The summed E-state index contributed by atoms with van der Waals surface area (Å²) in [4.78, 5) is 15.4. The van der Waals surface area contributed by atoms with Crippen LogP contribution >= 0.6 is 0 Å². The Morgan fingerprint density at radius 3 is 2.58 bits per heavy atom. The molecule has 2 aromatic rings. The minimum atomic E-state index is -0.0809. The number of nitrogens with zero attached hydrogens (tertiary/aromatic N) is 3. The van der Waals surface area contributed by atoms with E-state index >= 15 is 0 Å². The second-order valence-corrected chi connectivity index (χ2v) is 9.14. The first-order chi connectivity index (χ1) is 16.0. The Bertz CT molecular complexity index is 1060. The molecule has 2 fully saturated rings. The summed E-state index contributed by atoms with van der Waals surface area (Å²) in [6, 6.07) is 8.65. The highest BCUT2D eigenvalue weighted by atomic mass is 16.5. The predicted molar refractivity (Wildman–Crippen MR) is 128 cm³/mol. The van der Waals surface area contributed by atoms with Gasteiger partial charge in [0.1, 0.15) is 23.4 Å². The van der Waals surface area contributed by atoms with Crippen molar-refractivity contribution >= 4 is 11.7 Å². The number of hydrogen-bond acceptors (Lipinski definition) is 5. The molecule has 1 N–H and O–H groups in total. The van der Waals surface area contributed by atoms with Crippen LogP contribution in [0.3, 0.4) is 0 Å². The van der Waals surface area contributed by atoms with Crippen LogP contribution in [0.25, 0.3) is 0 Å². The molecule has 1 aromatic heterocycles. The van der Waals surface area contributed by atoms with E-state index in [0.29, 0.717) is 17.4 Å². The first kappa shape index (κ1) is 23.2. The maximum Gasteiger partial charge on any atom is 0.239 e. The Kier molecular flexibility index (Phi) is 6.94. The van der Waals surface area contributed by atoms with Gasteiger partial charge < -0.3 is 19.4 Å². The van der Waals surface area contributed by atoms with E-state index in [0.717, 1.165) is 60.5 Å². The van der Waals surface area contributed by atoms with Gasteiger partial charge in [0.15, 0.2) is 0 Å². The van der Waals surface area contributed by atoms with Crippen LogP contribution in [0.5, 0.6) is 11.5 Å². The summed E-state index contributed by atoms with van der Waals surface area (Å²) in [5.41, 5.74) is 3.70. The zero-order valence-electron chi connectivity index (χ0n) is 20.1. The van der Waals surface area contributed by atoms with Crippen LogP contribution in [-0.2, 0) is 4.79 Å². The van der Waals surface area contributed by atoms with Crippen molar-refractivity contribution in [2.24, 2.45) is 0 Å². The van der Waals surface area contributed by atoms with E-state index in [9.17, 15) is 10.1 Å². The lowest BCUT2D eigenvalue weighted by atomic mass is 10.0. The lowest BCUT2D eigenvalue weighted by Gasteiger charge is -2.26. The number of ether oxygens (including phenoxy) is 2. The van der Waals surface area contributed by atoms with Gasteiger partial charge in [0.05, 0.1) is 26.3 Å². The normalized spacial score (nSPS) is 18.9. The molecule has 0 radical (unpaired) electrons. The number of benzene rings is 1. The molecule has 2 heterocycles. The summed E-state index contributed by atoms with van der Waals surface area (Å²) < 4.78 is 13.2. The second-order valence-electron chi connectivity index (χ2n) is 9.14. The molecule has 7 heteroatoms. The first-order valence-electron chi connectivity index (χ1n) is 11.9. The molecule has 1 atom stereocenters. The van der Waals surface area contributed by atoms with Crippen LogP contribution < -0.4 is 14.8 Å². The highest BCUT2D eigenvalue weighted by Gasteiger charge is 2.31. The van der Waals surface area contributed by atoms with Gasteiger partial charge in [0.25, 0.3) is 0 Å². The fourth-order valence-corrected chi connectivity index (χ4v) is 5.52. The number of nitrogens with one attached hydrogen (secondary N) is 1. The molecule has 1 saturated carbocycles. The van der Waals surface area contributed by atoms with E-state index < -0.39 is 0 Å². The number of rotatable bonds is 7. The Morgan fingerprint density at radius 1 is 1.15 bits per heavy atom. The molecule has 1 aromatic carbocycles. The zero-order chi connectivity index (χ0) is 23.5. The standard InChI is InChI=1S/C26H34N4O3/c1-17-18(2)30(19-8-5-6-9-19)26(22(17)15-27)28-25(31)16-29-13-7-10-23(29)21-12-11-20(32-3)14-24(21)33-4/h11-12,14,19,23H,5-10,13,16H2,1-4H3,(H,28,31)/t23-/m0/s1. The van der Waals surface area contributed by atoms with Crippen molar-refractivity contribution in [2.75, 3.05) is 32.6 Å². The average molecular weight is 451 g/mol. The third-order valence-electron chi connectivity index (χ3n) is 7.33. The number of methoxy groups -OCH3 is 2. The Hall–Kier alpha value is -2.98.